The molecule has 0 aliphatic heterocycles. The lowest BCUT2D eigenvalue weighted by molar-refractivity contribution is 0.102. The third kappa shape index (κ3) is 3.51. The molecule has 0 spiro atoms. The van der Waals surface area contributed by atoms with Gasteiger partial charge in [-0.15, -0.1) is 0 Å². The molecule has 1 heterocycles. The van der Waals surface area contributed by atoms with Gasteiger partial charge in [-0.1, -0.05) is 30.3 Å². The highest BCUT2D eigenvalue weighted by Gasteiger charge is 2.27. The van der Waals surface area contributed by atoms with Crippen molar-refractivity contribution in [2.75, 3.05) is 5.32 Å². The van der Waals surface area contributed by atoms with Crippen LogP contribution < -0.4 is 5.32 Å². The molecule has 4 aromatic rings. The number of amides is 1. The fraction of sp³-hybridized carbons (Fsp3) is 0.125. The van der Waals surface area contributed by atoms with Crippen LogP contribution in [0.5, 0.6) is 0 Å². The van der Waals surface area contributed by atoms with Gasteiger partial charge in [0.1, 0.15) is 5.69 Å². The van der Waals surface area contributed by atoms with Crippen LogP contribution in [0.4, 0.5) is 27.6 Å². The van der Waals surface area contributed by atoms with Crippen molar-refractivity contribution >= 4 is 22.5 Å². The number of rotatable bonds is 4. The number of carbonyl (C=O) groups excluding carboxylic acids is 1. The molecule has 32 heavy (non-hydrogen) atoms. The number of anilines is 1. The summed E-state index contributed by atoms with van der Waals surface area (Å²) in [6.45, 7) is 4.42. The van der Waals surface area contributed by atoms with E-state index in [9.17, 15) is 26.7 Å². The van der Waals surface area contributed by atoms with Gasteiger partial charge in [-0.2, -0.15) is 0 Å². The largest absolute Gasteiger partial charge is 0.340 e. The maximum absolute atomic E-state index is 13.9. The number of aromatic nitrogens is 1. The fourth-order valence-electron chi connectivity index (χ4n) is 3.66. The Morgan fingerprint density at radius 3 is 2.06 bits per heavy atom. The van der Waals surface area contributed by atoms with Crippen LogP contribution in [-0.2, 0) is 6.54 Å². The third-order valence-electron chi connectivity index (χ3n) is 5.53. The number of benzene rings is 3. The monoisotopic (exact) mass is 444 g/mol. The molecular formula is C24H17F5N2O. The van der Waals surface area contributed by atoms with Crippen LogP contribution >= 0.6 is 0 Å². The first kappa shape index (κ1) is 21.5. The molecule has 0 saturated heterocycles. The minimum Gasteiger partial charge on any atom is -0.340 e. The maximum atomic E-state index is 13.9. The van der Waals surface area contributed by atoms with Crippen molar-refractivity contribution in [3.05, 3.63) is 100 Å². The smallest absolute Gasteiger partial charge is 0.255 e. The fourth-order valence-corrected chi connectivity index (χ4v) is 3.66. The Morgan fingerprint density at radius 1 is 0.844 bits per heavy atom. The van der Waals surface area contributed by atoms with Crippen LogP contribution in [0.15, 0.2) is 48.5 Å². The summed E-state index contributed by atoms with van der Waals surface area (Å²) < 4.78 is 70.0. The number of carbonyl (C=O) groups is 1. The summed E-state index contributed by atoms with van der Waals surface area (Å²) in [7, 11) is 0. The summed E-state index contributed by atoms with van der Waals surface area (Å²) >= 11 is 0. The van der Waals surface area contributed by atoms with Crippen molar-refractivity contribution in [2.45, 2.75) is 20.4 Å². The van der Waals surface area contributed by atoms with E-state index < -0.39 is 40.7 Å². The summed E-state index contributed by atoms with van der Waals surface area (Å²) in [4.78, 5) is 12.6. The molecule has 3 nitrogen and oxygen atoms in total. The van der Waals surface area contributed by atoms with E-state index in [4.69, 9.17) is 0 Å². The molecule has 8 heteroatoms. The Kier molecular flexibility index (Phi) is 5.46. The lowest BCUT2D eigenvalue weighted by Crippen LogP contribution is -2.17. The summed E-state index contributed by atoms with van der Waals surface area (Å²) in [5.41, 5.74) is 2.43. The van der Waals surface area contributed by atoms with Gasteiger partial charge in [-0.05, 0) is 43.2 Å². The zero-order valence-corrected chi connectivity index (χ0v) is 17.1. The third-order valence-corrected chi connectivity index (χ3v) is 5.53. The number of aryl methyl sites for hydroxylation is 1. The van der Waals surface area contributed by atoms with E-state index in [0.29, 0.717) is 6.54 Å². The first-order chi connectivity index (χ1) is 15.2. The van der Waals surface area contributed by atoms with Crippen molar-refractivity contribution in [3.63, 3.8) is 0 Å². The Hall–Kier alpha value is -3.68. The van der Waals surface area contributed by atoms with Crippen molar-refractivity contribution < 1.29 is 26.7 Å². The Bertz CT molecular complexity index is 1330. The predicted octanol–water partition coefficient (Wildman–Crippen LogP) is 6.25. The van der Waals surface area contributed by atoms with E-state index in [1.54, 1.807) is 11.4 Å². The number of hydrogen-bond acceptors (Lipinski definition) is 1. The van der Waals surface area contributed by atoms with E-state index in [-0.39, 0.29) is 5.56 Å². The van der Waals surface area contributed by atoms with Crippen LogP contribution in [-0.4, -0.2) is 10.5 Å². The number of nitrogens with zero attached hydrogens (tertiary/aromatic N) is 1. The average molecular weight is 444 g/mol. The summed E-state index contributed by atoms with van der Waals surface area (Å²) in [5, 5.41) is 2.55. The van der Waals surface area contributed by atoms with Gasteiger partial charge in [-0.25, -0.2) is 22.0 Å². The number of fused-ring (bicyclic) bond motifs is 1. The van der Waals surface area contributed by atoms with E-state index in [2.05, 4.69) is 4.57 Å². The Labute approximate surface area is 180 Å². The summed E-state index contributed by atoms with van der Waals surface area (Å²) in [6, 6.07) is 14.4. The Morgan fingerprint density at radius 2 is 1.44 bits per heavy atom. The van der Waals surface area contributed by atoms with E-state index in [0.717, 1.165) is 27.7 Å². The number of halogens is 5. The van der Waals surface area contributed by atoms with Gasteiger partial charge in [0.05, 0.1) is 0 Å². The highest BCUT2D eigenvalue weighted by Crippen LogP contribution is 2.30. The van der Waals surface area contributed by atoms with Crippen LogP contribution in [0.3, 0.4) is 0 Å². The normalized spacial score (nSPS) is 11.2. The molecule has 4 rings (SSSR count). The molecule has 164 valence electrons. The molecule has 0 aliphatic rings. The second kappa shape index (κ2) is 8.11. The molecule has 0 bridgehead atoms. The molecule has 0 radical (unpaired) electrons. The highest BCUT2D eigenvalue weighted by molar-refractivity contribution is 6.06. The minimum absolute atomic E-state index is 0.0152. The molecule has 1 aromatic heterocycles. The molecule has 0 atom stereocenters. The zero-order chi connectivity index (χ0) is 23.2. The summed E-state index contributed by atoms with van der Waals surface area (Å²) in [6.07, 6.45) is 0. The van der Waals surface area contributed by atoms with E-state index >= 15 is 0 Å². The lowest BCUT2D eigenvalue weighted by atomic mass is 10.1. The second-order valence-corrected chi connectivity index (χ2v) is 7.41. The van der Waals surface area contributed by atoms with Gasteiger partial charge in [-0.3, -0.25) is 4.79 Å². The molecule has 1 amide bonds. The first-order valence-corrected chi connectivity index (χ1v) is 9.66. The number of nitrogens with one attached hydrogen (secondary N) is 1. The minimum atomic E-state index is -2.29. The van der Waals surface area contributed by atoms with Gasteiger partial charge >= 0.3 is 0 Å². The lowest BCUT2D eigenvalue weighted by Gasteiger charge is -2.11. The second-order valence-electron chi connectivity index (χ2n) is 7.41. The molecular weight excluding hydrogens is 427 g/mol. The molecule has 1 N–H and O–H groups in total. The average Bonchev–Trinajstić information content (AvgIpc) is 3.04. The quantitative estimate of drug-likeness (QED) is 0.225. The molecule has 3 aromatic carbocycles. The van der Waals surface area contributed by atoms with Crippen molar-refractivity contribution in [1.82, 2.24) is 4.57 Å². The predicted molar refractivity (Wildman–Crippen MR) is 111 cm³/mol. The summed E-state index contributed by atoms with van der Waals surface area (Å²) in [5.74, 6) is -11.7. The Balaban J connectivity index is 1.71. The van der Waals surface area contributed by atoms with Gasteiger partial charge in [0, 0.05) is 28.7 Å². The molecule has 0 fully saturated rings. The van der Waals surface area contributed by atoms with Gasteiger partial charge in [0.25, 0.3) is 5.91 Å². The molecule has 0 unspecified atom stereocenters. The van der Waals surface area contributed by atoms with Crippen LogP contribution in [0, 0.1) is 42.9 Å². The zero-order valence-electron chi connectivity index (χ0n) is 17.1. The standard InChI is InChI=1S/C24H17F5N2O/c1-12-13(2)31(11-14-6-4-3-5-7-14)17-9-8-15(10-16(12)17)24(32)30-23-21(28)19(26)18(25)20(27)22(23)29/h3-10H,11H2,1-2H3,(H,30,32). The van der Waals surface area contributed by atoms with Gasteiger partial charge in [0.15, 0.2) is 23.3 Å². The van der Waals surface area contributed by atoms with Crippen LogP contribution in [0.25, 0.3) is 10.9 Å². The molecule has 0 aliphatic carbocycles. The topological polar surface area (TPSA) is 34.0 Å². The van der Waals surface area contributed by atoms with Crippen LogP contribution in [0.1, 0.15) is 27.2 Å². The number of hydrogen-bond donors (Lipinski definition) is 1. The van der Waals surface area contributed by atoms with Crippen LogP contribution in [0.2, 0.25) is 0 Å². The SMILES string of the molecule is Cc1c(C)n(Cc2ccccc2)c2ccc(C(=O)Nc3c(F)c(F)c(F)c(F)c3F)cc12. The van der Waals surface area contributed by atoms with Gasteiger partial charge in [0.2, 0.25) is 5.82 Å². The highest BCUT2D eigenvalue weighted by atomic mass is 19.2. The van der Waals surface area contributed by atoms with E-state index in [1.807, 2.05) is 44.2 Å². The maximum Gasteiger partial charge on any atom is 0.255 e. The van der Waals surface area contributed by atoms with Crippen molar-refractivity contribution in [3.8, 4) is 0 Å². The van der Waals surface area contributed by atoms with Gasteiger partial charge < -0.3 is 9.88 Å². The van der Waals surface area contributed by atoms with Crippen molar-refractivity contribution in [2.24, 2.45) is 0 Å². The van der Waals surface area contributed by atoms with E-state index in [1.165, 1.54) is 12.1 Å². The first-order valence-electron chi connectivity index (χ1n) is 9.66. The van der Waals surface area contributed by atoms with Crippen molar-refractivity contribution in [1.29, 1.82) is 0 Å². The molecule has 0 saturated carbocycles.